The van der Waals surface area contributed by atoms with Crippen LogP contribution in [0.1, 0.15) is 12.8 Å². The van der Waals surface area contributed by atoms with Gasteiger partial charge in [-0.1, -0.05) is 18.2 Å². The maximum atomic E-state index is 12.3. The average Bonchev–Trinajstić information content (AvgIpc) is 2.58. The van der Waals surface area contributed by atoms with E-state index in [1.807, 2.05) is 35.2 Å². The average molecular weight is 321 g/mol. The fraction of sp³-hybridized carbons (Fsp3) is 0.500. The van der Waals surface area contributed by atoms with E-state index in [1.165, 1.54) is 11.8 Å². The van der Waals surface area contributed by atoms with Crippen LogP contribution in [0, 0.1) is 5.92 Å². The molecule has 22 heavy (non-hydrogen) atoms. The summed E-state index contributed by atoms with van der Waals surface area (Å²) in [5, 5.41) is 2.81. The number of nitrogens with one attached hydrogen (secondary N) is 1. The normalized spacial score (nSPS) is 18.0. The predicted octanol–water partition coefficient (Wildman–Crippen LogP) is 1.09. The molecule has 2 rings (SSSR count). The Morgan fingerprint density at radius 1 is 1.32 bits per heavy atom. The lowest BCUT2D eigenvalue weighted by Gasteiger charge is -2.32. The monoisotopic (exact) mass is 321 g/mol. The van der Waals surface area contributed by atoms with Crippen LogP contribution in [0.2, 0.25) is 0 Å². The second kappa shape index (κ2) is 8.80. The molecule has 3 N–H and O–H groups in total. The molecular formula is C16H23N3O2S. The van der Waals surface area contributed by atoms with E-state index >= 15 is 0 Å². The molecule has 5 nitrogen and oxygen atoms in total. The summed E-state index contributed by atoms with van der Waals surface area (Å²) in [5.74, 6) is 0.427. The molecule has 1 atom stereocenters. The van der Waals surface area contributed by atoms with Gasteiger partial charge in [0.15, 0.2) is 0 Å². The molecule has 120 valence electrons. The highest BCUT2D eigenvalue weighted by Gasteiger charge is 2.27. The van der Waals surface area contributed by atoms with Gasteiger partial charge in [-0.25, -0.2) is 0 Å². The number of carbonyl (C=O) groups is 2. The van der Waals surface area contributed by atoms with E-state index in [-0.39, 0.29) is 17.7 Å². The zero-order valence-electron chi connectivity index (χ0n) is 12.7. The predicted molar refractivity (Wildman–Crippen MR) is 88.5 cm³/mol. The maximum absolute atomic E-state index is 12.3. The molecule has 1 heterocycles. The van der Waals surface area contributed by atoms with Gasteiger partial charge in [-0.15, -0.1) is 11.8 Å². The van der Waals surface area contributed by atoms with E-state index in [2.05, 4.69) is 5.32 Å². The Bertz CT molecular complexity index is 495. The van der Waals surface area contributed by atoms with Crippen LogP contribution in [-0.2, 0) is 9.59 Å². The summed E-state index contributed by atoms with van der Waals surface area (Å²) >= 11 is 1.54. The van der Waals surface area contributed by atoms with E-state index in [0.29, 0.717) is 25.4 Å². The Morgan fingerprint density at radius 3 is 2.82 bits per heavy atom. The Hall–Kier alpha value is -1.53. The van der Waals surface area contributed by atoms with E-state index in [1.54, 1.807) is 0 Å². The number of hydrogen-bond donors (Lipinski definition) is 2. The first kappa shape index (κ1) is 16.8. The molecule has 0 radical (unpaired) electrons. The largest absolute Gasteiger partial charge is 0.355 e. The standard InChI is InChI=1S/C16H23N3O2S/c17-8-9-18-16(21)13-5-4-10-19(11-13)15(20)12-22-14-6-2-1-3-7-14/h1-3,6-7,13H,4-5,8-12,17H2,(H,18,21). The minimum Gasteiger partial charge on any atom is -0.355 e. The number of hydrogen-bond acceptors (Lipinski definition) is 4. The van der Waals surface area contributed by atoms with E-state index in [0.717, 1.165) is 24.3 Å². The van der Waals surface area contributed by atoms with Gasteiger partial charge in [0.25, 0.3) is 0 Å². The molecule has 0 saturated carbocycles. The lowest BCUT2D eigenvalue weighted by molar-refractivity contribution is -0.133. The third kappa shape index (κ3) is 5.03. The van der Waals surface area contributed by atoms with E-state index in [4.69, 9.17) is 5.73 Å². The van der Waals surface area contributed by atoms with E-state index in [9.17, 15) is 9.59 Å². The number of carbonyl (C=O) groups excluding carboxylic acids is 2. The SMILES string of the molecule is NCCNC(=O)C1CCCN(C(=O)CSc2ccccc2)C1. The Balaban J connectivity index is 1.81. The van der Waals surface area contributed by atoms with E-state index < -0.39 is 0 Å². The lowest BCUT2D eigenvalue weighted by atomic mass is 9.97. The number of benzene rings is 1. The molecule has 0 aliphatic carbocycles. The van der Waals surface area contributed by atoms with Crippen molar-refractivity contribution in [1.82, 2.24) is 10.2 Å². The first-order chi connectivity index (χ1) is 10.7. The topological polar surface area (TPSA) is 75.4 Å². The fourth-order valence-corrected chi connectivity index (χ4v) is 3.33. The van der Waals surface area contributed by atoms with Crippen LogP contribution < -0.4 is 11.1 Å². The number of likely N-dealkylation sites (tertiary alicyclic amines) is 1. The molecule has 2 amide bonds. The van der Waals surface area contributed by atoms with Gasteiger partial charge < -0.3 is 16.0 Å². The highest BCUT2D eigenvalue weighted by Crippen LogP contribution is 2.21. The Morgan fingerprint density at radius 2 is 2.09 bits per heavy atom. The van der Waals surface area contributed by atoms with Crippen LogP contribution in [0.5, 0.6) is 0 Å². The second-order valence-electron chi connectivity index (χ2n) is 5.36. The number of amides is 2. The van der Waals surface area contributed by atoms with Crippen molar-refractivity contribution in [2.45, 2.75) is 17.7 Å². The summed E-state index contributed by atoms with van der Waals surface area (Å²) in [6.07, 6.45) is 1.72. The molecule has 0 aromatic heterocycles. The fourth-order valence-electron chi connectivity index (χ4n) is 2.51. The summed E-state index contributed by atoms with van der Waals surface area (Å²) in [4.78, 5) is 27.2. The molecule has 1 aromatic rings. The molecule has 1 unspecified atom stereocenters. The Labute approximate surface area is 135 Å². The van der Waals surface area contributed by atoms with Gasteiger partial charge in [0, 0.05) is 31.1 Å². The molecule has 1 aliphatic rings. The maximum Gasteiger partial charge on any atom is 0.232 e. The van der Waals surface area contributed by atoms with Crippen molar-refractivity contribution < 1.29 is 9.59 Å². The van der Waals surface area contributed by atoms with Crippen molar-refractivity contribution in [3.05, 3.63) is 30.3 Å². The highest BCUT2D eigenvalue weighted by atomic mass is 32.2. The third-order valence-electron chi connectivity index (χ3n) is 3.69. The van der Waals surface area contributed by atoms with Crippen molar-refractivity contribution in [3.8, 4) is 0 Å². The number of rotatable bonds is 6. The summed E-state index contributed by atoms with van der Waals surface area (Å²) in [6.45, 7) is 2.20. The van der Waals surface area contributed by atoms with Crippen molar-refractivity contribution >= 4 is 23.6 Å². The van der Waals surface area contributed by atoms with Gasteiger partial charge in [0.1, 0.15) is 0 Å². The summed E-state index contributed by atoms with van der Waals surface area (Å²) in [6, 6.07) is 9.88. The summed E-state index contributed by atoms with van der Waals surface area (Å²) in [5.41, 5.74) is 5.39. The van der Waals surface area contributed by atoms with Crippen molar-refractivity contribution in [2.24, 2.45) is 11.7 Å². The molecule has 0 spiro atoms. The Kier molecular flexibility index (Phi) is 6.74. The molecule has 1 saturated heterocycles. The molecule has 1 fully saturated rings. The molecule has 1 aromatic carbocycles. The zero-order valence-corrected chi connectivity index (χ0v) is 13.5. The number of nitrogens with zero attached hydrogens (tertiary/aromatic N) is 1. The third-order valence-corrected chi connectivity index (χ3v) is 4.69. The van der Waals surface area contributed by atoms with Gasteiger partial charge in [-0.05, 0) is 25.0 Å². The van der Waals surface area contributed by atoms with Gasteiger partial charge in [-0.2, -0.15) is 0 Å². The first-order valence-electron chi connectivity index (χ1n) is 7.64. The highest BCUT2D eigenvalue weighted by molar-refractivity contribution is 8.00. The quantitative estimate of drug-likeness (QED) is 0.769. The van der Waals surface area contributed by atoms with Crippen molar-refractivity contribution in [1.29, 1.82) is 0 Å². The molecular weight excluding hydrogens is 298 g/mol. The number of thioether (sulfide) groups is 1. The lowest BCUT2D eigenvalue weighted by Crippen LogP contribution is -2.46. The second-order valence-corrected chi connectivity index (χ2v) is 6.41. The molecule has 6 heteroatoms. The van der Waals surface area contributed by atoms with Crippen LogP contribution in [0.25, 0.3) is 0 Å². The number of piperidine rings is 1. The van der Waals surface area contributed by atoms with Crippen LogP contribution in [-0.4, -0.2) is 48.6 Å². The van der Waals surface area contributed by atoms with Crippen molar-refractivity contribution in [3.63, 3.8) is 0 Å². The van der Waals surface area contributed by atoms with Gasteiger partial charge in [0.05, 0.1) is 11.7 Å². The summed E-state index contributed by atoms with van der Waals surface area (Å²) < 4.78 is 0. The zero-order chi connectivity index (χ0) is 15.8. The van der Waals surface area contributed by atoms with Crippen LogP contribution in [0.15, 0.2) is 35.2 Å². The minimum absolute atomic E-state index is 0.0127. The van der Waals surface area contributed by atoms with Crippen LogP contribution in [0.4, 0.5) is 0 Å². The first-order valence-corrected chi connectivity index (χ1v) is 8.62. The smallest absolute Gasteiger partial charge is 0.232 e. The minimum atomic E-state index is -0.106. The van der Waals surface area contributed by atoms with Crippen LogP contribution >= 0.6 is 11.8 Å². The summed E-state index contributed by atoms with van der Waals surface area (Å²) in [7, 11) is 0. The van der Waals surface area contributed by atoms with Gasteiger partial charge in [0.2, 0.25) is 11.8 Å². The van der Waals surface area contributed by atoms with Gasteiger partial charge in [-0.3, -0.25) is 9.59 Å². The van der Waals surface area contributed by atoms with Crippen molar-refractivity contribution in [2.75, 3.05) is 31.9 Å². The molecule has 1 aliphatic heterocycles. The van der Waals surface area contributed by atoms with Crippen LogP contribution in [0.3, 0.4) is 0 Å². The number of nitrogens with two attached hydrogens (primary N) is 1. The van der Waals surface area contributed by atoms with Gasteiger partial charge >= 0.3 is 0 Å². The molecule has 0 bridgehead atoms.